The van der Waals surface area contributed by atoms with Gasteiger partial charge in [-0.05, 0) is 49.2 Å². The summed E-state index contributed by atoms with van der Waals surface area (Å²) in [6.45, 7) is 1.27. The van der Waals surface area contributed by atoms with E-state index in [4.69, 9.17) is 5.14 Å². The van der Waals surface area contributed by atoms with Gasteiger partial charge in [0, 0.05) is 24.6 Å². The van der Waals surface area contributed by atoms with E-state index in [1.807, 2.05) is 24.3 Å². The van der Waals surface area contributed by atoms with E-state index >= 15 is 0 Å². The van der Waals surface area contributed by atoms with Crippen LogP contribution in [-0.4, -0.2) is 42.3 Å². The van der Waals surface area contributed by atoms with Gasteiger partial charge in [-0.15, -0.1) is 0 Å². The summed E-state index contributed by atoms with van der Waals surface area (Å²) in [5.74, 6) is 1.17. The molecule has 0 spiro atoms. The zero-order valence-electron chi connectivity index (χ0n) is 14.6. The number of piperidine rings is 1. The first kappa shape index (κ1) is 17.7. The number of para-hydroxylation sites is 2. The predicted molar refractivity (Wildman–Crippen MR) is 102 cm³/mol. The third-order valence-electron chi connectivity index (χ3n) is 5.01. The zero-order valence-corrected chi connectivity index (χ0v) is 15.4. The van der Waals surface area contributed by atoms with Gasteiger partial charge < -0.3 is 9.88 Å². The number of carbonyl (C=O) groups is 1. The zero-order chi connectivity index (χ0) is 19.0. The molecule has 3 aromatic rings. The van der Waals surface area contributed by atoms with Crippen molar-refractivity contribution in [3.63, 3.8) is 0 Å². The lowest BCUT2D eigenvalue weighted by Gasteiger charge is -2.31. The van der Waals surface area contributed by atoms with Crippen LogP contribution in [0.2, 0.25) is 0 Å². The first-order valence-electron chi connectivity index (χ1n) is 8.78. The van der Waals surface area contributed by atoms with Crippen LogP contribution in [0, 0.1) is 0 Å². The summed E-state index contributed by atoms with van der Waals surface area (Å²) >= 11 is 0. The highest BCUT2D eigenvalue weighted by atomic mass is 32.2. The molecule has 1 amide bonds. The molecule has 3 N–H and O–H groups in total. The van der Waals surface area contributed by atoms with Crippen LogP contribution in [0.3, 0.4) is 0 Å². The smallest absolute Gasteiger partial charge is 0.253 e. The lowest BCUT2D eigenvalue weighted by atomic mass is 9.95. The molecule has 0 radical (unpaired) electrons. The van der Waals surface area contributed by atoms with Crippen LogP contribution in [0.25, 0.3) is 11.0 Å². The second-order valence-corrected chi connectivity index (χ2v) is 8.34. The molecule has 140 valence electrons. The maximum Gasteiger partial charge on any atom is 0.253 e. The number of nitrogens with zero attached hydrogens (tertiary/aromatic N) is 2. The molecule has 1 saturated heterocycles. The molecule has 0 unspecified atom stereocenters. The number of hydrogen-bond donors (Lipinski definition) is 2. The van der Waals surface area contributed by atoms with Gasteiger partial charge in [0.05, 0.1) is 15.9 Å². The molecule has 1 aliphatic heterocycles. The number of carbonyl (C=O) groups excluding carboxylic acids is 1. The van der Waals surface area contributed by atoms with Crippen LogP contribution in [0.4, 0.5) is 0 Å². The fraction of sp³-hybridized carbons (Fsp3) is 0.263. The number of likely N-dealkylation sites (tertiary alicyclic amines) is 1. The maximum atomic E-state index is 12.7. The van der Waals surface area contributed by atoms with Gasteiger partial charge in [0.2, 0.25) is 10.0 Å². The fourth-order valence-electron chi connectivity index (χ4n) is 3.49. The number of sulfonamides is 1. The molecule has 1 aromatic heterocycles. The molecular formula is C19H20N4O3S. The first-order valence-corrected chi connectivity index (χ1v) is 10.3. The lowest BCUT2D eigenvalue weighted by Crippen LogP contribution is -2.38. The second kappa shape index (κ2) is 6.79. The molecule has 0 bridgehead atoms. The average Bonchev–Trinajstić information content (AvgIpc) is 3.11. The number of hydrogen-bond acceptors (Lipinski definition) is 4. The Morgan fingerprint density at radius 2 is 1.74 bits per heavy atom. The number of amides is 1. The molecule has 0 aliphatic carbocycles. The Kier molecular flexibility index (Phi) is 4.45. The van der Waals surface area contributed by atoms with Crippen molar-refractivity contribution in [2.45, 2.75) is 23.7 Å². The average molecular weight is 384 g/mol. The number of primary sulfonamides is 1. The molecule has 1 fully saturated rings. The van der Waals surface area contributed by atoms with Gasteiger partial charge in [-0.1, -0.05) is 12.1 Å². The van der Waals surface area contributed by atoms with E-state index < -0.39 is 10.0 Å². The Morgan fingerprint density at radius 3 is 2.37 bits per heavy atom. The first-order chi connectivity index (χ1) is 12.9. The minimum absolute atomic E-state index is 0.00245. The third kappa shape index (κ3) is 3.58. The molecule has 0 atom stereocenters. The molecule has 27 heavy (non-hydrogen) atoms. The molecule has 7 nitrogen and oxygen atoms in total. The van der Waals surface area contributed by atoms with Gasteiger partial charge in [-0.2, -0.15) is 0 Å². The second-order valence-electron chi connectivity index (χ2n) is 6.78. The van der Waals surface area contributed by atoms with E-state index in [2.05, 4.69) is 9.97 Å². The molecule has 2 heterocycles. The number of fused-ring (bicyclic) bond motifs is 1. The monoisotopic (exact) mass is 384 g/mol. The summed E-state index contributed by atoms with van der Waals surface area (Å²) in [7, 11) is -3.75. The van der Waals surface area contributed by atoms with E-state index in [9.17, 15) is 13.2 Å². The highest BCUT2D eigenvalue weighted by molar-refractivity contribution is 7.89. The molecule has 0 saturated carbocycles. The van der Waals surface area contributed by atoms with E-state index in [-0.39, 0.29) is 10.8 Å². The summed E-state index contributed by atoms with van der Waals surface area (Å²) in [4.78, 5) is 22.5. The summed E-state index contributed by atoms with van der Waals surface area (Å²) in [6, 6.07) is 13.7. The maximum absolute atomic E-state index is 12.7. The van der Waals surface area contributed by atoms with Crippen molar-refractivity contribution >= 4 is 27.0 Å². The quantitative estimate of drug-likeness (QED) is 0.721. The van der Waals surface area contributed by atoms with Crippen molar-refractivity contribution in [3.8, 4) is 0 Å². The Hall–Kier alpha value is -2.71. The van der Waals surface area contributed by atoms with Gasteiger partial charge in [0.1, 0.15) is 5.82 Å². The van der Waals surface area contributed by atoms with Gasteiger partial charge in [-0.3, -0.25) is 4.79 Å². The molecule has 2 aromatic carbocycles. The standard InChI is InChI=1S/C19H20N4O3S/c20-27(25,26)15-7-5-14(6-8-15)19(24)23-11-9-13(10-12-23)18-21-16-3-1-2-4-17(16)22-18/h1-8,13H,9-12H2,(H,21,22)(H2,20,25,26). The minimum atomic E-state index is -3.75. The lowest BCUT2D eigenvalue weighted by molar-refractivity contribution is 0.0711. The summed E-state index contributed by atoms with van der Waals surface area (Å²) in [6.07, 6.45) is 1.67. The van der Waals surface area contributed by atoms with Gasteiger partial charge in [-0.25, -0.2) is 18.5 Å². The van der Waals surface area contributed by atoms with Crippen molar-refractivity contribution in [1.29, 1.82) is 0 Å². The molecule has 8 heteroatoms. The minimum Gasteiger partial charge on any atom is -0.342 e. The van der Waals surface area contributed by atoms with Crippen molar-refractivity contribution in [2.75, 3.05) is 13.1 Å². The summed E-state index contributed by atoms with van der Waals surface area (Å²) < 4.78 is 22.6. The number of aromatic nitrogens is 2. The number of aromatic amines is 1. The Bertz CT molecular complexity index is 1050. The Balaban J connectivity index is 1.43. The number of benzene rings is 2. The number of nitrogens with one attached hydrogen (secondary N) is 1. The van der Waals surface area contributed by atoms with Crippen molar-refractivity contribution in [2.24, 2.45) is 5.14 Å². The fourth-order valence-corrected chi connectivity index (χ4v) is 4.01. The van der Waals surface area contributed by atoms with E-state index in [1.165, 1.54) is 24.3 Å². The largest absolute Gasteiger partial charge is 0.342 e. The van der Waals surface area contributed by atoms with E-state index in [0.717, 1.165) is 29.7 Å². The van der Waals surface area contributed by atoms with Crippen LogP contribution < -0.4 is 5.14 Å². The van der Waals surface area contributed by atoms with E-state index in [0.29, 0.717) is 24.6 Å². The molecular weight excluding hydrogens is 364 g/mol. The van der Waals surface area contributed by atoms with Gasteiger partial charge in [0.15, 0.2) is 0 Å². The van der Waals surface area contributed by atoms with Crippen molar-refractivity contribution in [3.05, 3.63) is 59.9 Å². The van der Waals surface area contributed by atoms with Crippen LogP contribution in [-0.2, 0) is 10.0 Å². The summed E-state index contributed by atoms with van der Waals surface area (Å²) in [5, 5.41) is 5.09. The Morgan fingerprint density at radius 1 is 1.07 bits per heavy atom. The number of nitrogens with two attached hydrogens (primary N) is 1. The Labute approximate surface area is 157 Å². The number of rotatable bonds is 3. The van der Waals surface area contributed by atoms with Crippen molar-refractivity contribution in [1.82, 2.24) is 14.9 Å². The van der Waals surface area contributed by atoms with Gasteiger partial charge in [0.25, 0.3) is 5.91 Å². The van der Waals surface area contributed by atoms with Gasteiger partial charge >= 0.3 is 0 Å². The summed E-state index contributed by atoms with van der Waals surface area (Å²) in [5.41, 5.74) is 2.45. The number of H-pyrrole nitrogens is 1. The third-order valence-corrected chi connectivity index (χ3v) is 5.94. The predicted octanol–water partition coefficient (Wildman–Crippen LogP) is 2.23. The van der Waals surface area contributed by atoms with E-state index in [1.54, 1.807) is 4.90 Å². The van der Waals surface area contributed by atoms with Crippen molar-refractivity contribution < 1.29 is 13.2 Å². The van der Waals surface area contributed by atoms with Crippen LogP contribution >= 0.6 is 0 Å². The number of imidazole rings is 1. The van der Waals surface area contributed by atoms with Crippen LogP contribution in [0.5, 0.6) is 0 Å². The SMILES string of the molecule is NS(=O)(=O)c1ccc(C(=O)N2CCC(c3nc4ccccc4[nH]3)CC2)cc1. The molecule has 4 rings (SSSR count). The topological polar surface area (TPSA) is 109 Å². The highest BCUT2D eigenvalue weighted by Crippen LogP contribution is 2.28. The molecule has 1 aliphatic rings. The highest BCUT2D eigenvalue weighted by Gasteiger charge is 2.26. The van der Waals surface area contributed by atoms with Crippen LogP contribution in [0.15, 0.2) is 53.4 Å². The normalized spacial score (nSPS) is 16.0. The van der Waals surface area contributed by atoms with Crippen LogP contribution in [0.1, 0.15) is 34.9 Å².